The fraction of sp³-hybridized carbons (Fsp3) is 0. The second kappa shape index (κ2) is 2.82. The van der Waals surface area contributed by atoms with Gasteiger partial charge in [-0.15, -0.1) is 0 Å². The van der Waals surface area contributed by atoms with E-state index >= 15 is 0 Å². The Kier molecular flexibility index (Phi) is 2.01. The number of aromatic hydroxyl groups is 1. The zero-order valence-electron chi connectivity index (χ0n) is 5.69. The standard InChI is InChI=1S/C5H4ClN3O3/c6-3-2(9(11)12)1-8-5(7)4(3)10/h1,10H,(H2,7,8). The normalized spacial score (nSPS) is 9.75. The molecule has 0 radical (unpaired) electrons. The molecule has 0 atom stereocenters. The summed E-state index contributed by atoms with van der Waals surface area (Å²) >= 11 is 5.38. The SMILES string of the molecule is Nc1ncc([N+](=O)[O-])c(Cl)c1O. The van der Waals surface area contributed by atoms with Crippen molar-refractivity contribution in [1.29, 1.82) is 0 Å². The number of aromatic nitrogens is 1. The van der Waals surface area contributed by atoms with Crippen molar-refractivity contribution >= 4 is 23.1 Å². The van der Waals surface area contributed by atoms with Crippen molar-refractivity contribution in [2.45, 2.75) is 0 Å². The summed E-state index contributed by atoms with van der Waals surface area (Å²) < 4.78 is 0. The van der Waals surface area contributed by atoms with E-state index in [9.17, 15) is 10.1 Å². The molecule has 7 heteroatoms. The van der Waals surface area contributed by atoms with Crippen molar-refractivity contribution in [1.82, 2.24) is 4.98 Å². The minimum absolute atomic E-state index is 0.231. The summed E-state index contributed by atoms with van der Waals surface area (Å²) in [7, 11) is 0. The smallest absolute Gasteiger partial charge is 0.309 e. The quantitative estimate of drug-likeness (QED) is 0.505. The number of pyridine rings is 1. The Labute approximate surface area is 71.7 Å². The molecular formula is C5H4ClN3O3. The summed E-state index contributed by atoms with van der Waals surface area (Å²) in [4.78, 5) is 12.8. The van der Waals surface area contributed by atoms with Crippen LogP contribution in [0.4, 0.5) is 11.5 Å². The number of hydrogen-bond acceptors (Lipinski definition) is 5. The molecule has 0 aromatic carbocycles. The van der Waals surface area contributed by atoms with E-state index < -0.39 is 21.4 Å². The molecule has 1 aromatic rings. The average Bonchev–Trinajstić information content (AvgIpc) is 2.00. The molecule has 0 spiro atoms. The minimum Gasteiger partial charge on any atom is -0.503 e. The highest BCUT2D eigenvalue weighted by atomic mass is 35.5. The van der Waals surface area contributed by atoms with Crippen LogP contribution in [0.15, 0.2) is 6.20 Å². The van der Waals surface area contributed by atoms with Crippen molar-refractivity contribution in [3.63, 3.8) is 0 Å². The van der Waals surface area contributed by atoms with E-state index in [1.165, 1.54) is 0 Å². The molecule has 0 unspecified atom stereocenters. The van der Waals surface area contributed by atoms with E-state index in [0.29, 0.717) is 0 Å². The molecule has 1 aromatic heterocycles. The Hall–Kier alpha value is -1.56. The molecule has 0 bridgehead atoms. The first-order valence-corrected chi connectivity index (χ1v) is 3.19. The lowest BCUT2D eigenvalue weighted by molar-refractivity contribution is -0.385. The third kappa shape index (κ3) is 1.24. The molecule has 0 aliphatic carbocycles. The number of halogens is 1. The number of nitrogen functional groups attached to an aromatic ring is 1. The zero-order valence-corrected chi connectivity index (χ0v) is 6.45. The highest BCUT2D eigenvalue weighted by Gasteiger charge is 2.18. The number of nitrogens with zero attached hydrogens (tertiary/aromatic N) is 2. The fourth-order valence-electron chi connectivity index (χ4n) is 0.610. The lowest BCUT2D eigenvalue weighted by atomic mass is 10.4. The van der Waals surface area contributed by atoms with Crippen molar-refractivity contribution in [3.05, 3.63) is 21.3 Å². The van der Waals surface area contributed by atoms with Gasteiger partial charge >= 0.3 is 5.69 Å². The Morgan fingerprint density at radius 3 is 2.83 bits per heavy atom. The van der Waals surface area contributed by atoms with Gasteiger partial charge in [0.2, 0.25) is 0 Å². The molecule has 0 aliphatic rings. The van der Waals surface area contributed by atoms with Crippen molar-refractivity contribution in [3.8, 4) is 5.75 Å². The summed E-state index contributed by atoms with van der Waals surface area (Å²) in [5.74, 6) is -0.795. The van der Waals surface area contributed by atoms with E-state index in [1.54, 1.807) is 0 Å². The summed E-state index contributed by atoms with van der Waals surface area (Å²) in [5, 5.41) is 18.8. The highest BCUT2D eigenvalue weighted by molar-refractivity contribution is 6.34. The third-order valence-electron chi connectivity index (χ3n) is 1.20. The van der Waals surface area contributed by atoms with Crippen LogP contribution < -0.4 is 5.73 Å². The molecule has 0 saturated carbocycles. The van der Waals surface area contributed by atoms with E-state index in [-0.39, 0.29) is 5.82 Å². The second-order valence-electron chi connectivity index (χ2n) is 1.95. The van der Waals surface area contributed by atoms with Crippen LogP contribution in [0, 0.1) is 10.1 Å². The molecule has 0 fully saturated rings. The van der Waals surface area contributed by atoms with Crippen LogP contribution in [-0.4, -0.2) is 15.0 Å². The molecule has 0 saturated heterocycles. The fourth-order valence-corrected chi connectivity index (χ4v) is 0.824. The van der Waals surface area contributed by atoms with Gasteiger partial charge in [-0.3, -0.25) is 10.1 Å². The maximum atomic E-state index is 10.2. The first-order chi connectivity index (χ1) is 5.54. The Bertz CT molecular complexity index is 341. The molecule has 3 N–H and O–H groups in total. The summed E-state index contributed by atoms with van der Waals surface area (Å²) in [5.41, 5.74) is 4.65. The zero-order chi connectivity index (χ0) is 9.30. The van der Waals surface area contributed by atoms with Gasteiger partial charge in [-0.25, -0.2) is 4.98 Å². The van der Waals surface area contributed by atoms with E-state index in [2.05, 4.69) is 4.98 Å². The van der Waals surface area contributed by atoms with Crippen LogP contribution in [0.25, 0.3) is 0 Å². The number of rotatable bonds is 1. The number of nitro groups is 1. The van der Waals surface area contributed by atoms with Crippen LogP contribution >= 0.6 is 11.6 Å². The van der Waals surface area contributed by atoms with Gasteiger partial charge in [0.25, 0.3) is 0 Å². The molecule has 0 amide bonds. The minimum atomic E-state index is -0.755. The number of nitrogens with two attached hydrogens (primary N) is 1. The molecule has 64 valence electrons. The van der Waals surface area contributed by atoms with Gasteiger partial charge in [-0.1, -0.05) is 11.6 Å². The van der Waals surface area contributed by atoms with Crippen LogP contribution in [0.1, 0.15) is 0 Å². The monoisotopic (exact) mass is 189 g/mol. The molecule has 1 heterocycles. The van der Waals surface area contributed by atoms with Crippen molar-refractivity contribution in [2.75, 3.05) is 5.73 Å². The highest BCUT2D eigenvalue weighted by Crippen LogP contribution is 2.35. The lowest BCUT2D eigenvalue weighted by Gasteiger charge is -1.99. The summed E-state index contributed by atoms with van der Waals surface area (Å²) in [6, 6.07) is 0. The predicted molar refractivity (Wildman–Crippen MR) is 42.0 cm³/mol. The lowest BCUT2D eigenvalue weighted by Crippen LogP contribution is -1.95. The van der Waals surface area contributed by atoms with Gasteiger partial charge in [0, 0.05) is 0 Å². The van der Waals surface area contributed by atoms with E-state index in [4.69, 9.17) is 22.4 Å². The Morgan fingerprint density at radius 2 is 2.33 bits per heavy atom. The van der Waals surface area contributed by atoms with E-state index in [1.807, 2.05) is 0 Å². The first-order valence-electron chi connectivity index (χ1n) is 2.81. The van der Waals surface area contributed by atoms with Crippen LogP contribution in [0.3, 0.4) is 0 Å². The number of anilines is 1. The molecule has 12 heavy (non-hydrogen) atoms. The maximum Gasteiger partial charge on any atom is 0.309 e. The predicted octanol–water partition coefficient (Wildman–Crippen LogP) is 0.931. The number of hydrogen-bond donors (Lipinski definition) is 2. The van der Waals surface area contributed by atoms with Crippen LogP contribution in [-0.2, 0) is 0 Å². The van der Waals surface area contributed by atoms with Crippen LogP contribution in [0.5, 0.6) is 5.75 Å². The van der Waals surface area contributed by atoms with Crippen molar-refractivity contribution < 1.29 is 10.0 Å². The van der Waals surface area contributed by atoms with Gasteiger partial charge in [-0.05, 0) is 0 Å². The second-order valence-corrected chi connectivity index (χ2v) is 2.33. The maximum absolute atomic E-state index is 10.2. The Balaban J connectivity index is 3.36. The average molecular weight is 190 g/mol. The Morgan fingerprint density at radius 1 is 1.75 bits per heavy atom. The summed E-state index contributed by atoms with van der Waals surface area (Å²) in [6.07, 6.45) is 0.886. The van der Waals surface area contributed by atoms with Gasteiger partial charge in [0.1, 0.15) is 6.20 Å². The third-order valence-corrected chi connectivity index (χ3v) is 1.57. The largest absolute Gasteiger partial charge is 0.503 e. The summed E-state index contributed by atoms with van der Waals surface area (Å²) in [6.45, 7) is 0. The molecule has 1 rings (SSSR count). The van der Waals surface area contributed by atoms with Crippen LogP contribution in [0.2, 0.25) is 5.02 Å². The molecule has 6 nitrogen and oxygen atoms in total. The molecule has 0 aliphatic heterocycles. The molecular weight excluding hydrogens is 186 g/mol. The van der Waals surface area contributed by atoms with Gasteiger partial charge in [0.05, 0.1) is 4.92 Å². The topological polar surface area (TPSA) is 102 Å². The first kappa shape index (κ1) is 8.54. The van der Waals surface area contributed by atoms with Gasteiger partial charge in [0.15, 0.2) is 16.6 Å². The van der Waals surface area contributed by atoms with Gasteiger partial charge < -0.3 is 10.8 Å². The van der Waals surface area contributed by atoms with Gasteiger partial charge in [-0.2, -0.15) is 0 Å². The van der Waals surface area contributed by atoms with E-state index in [0.717, 1.165) is 6.20 Å². The van der Waals surface area contributed by atoms with Crippen molar-refractivity contribution in [2.24, 2.45) is 0 Å².